The van der Waals surface area contributed by atoms with Gasteiger partial charge in [-0.2, -0.15) is 0 Å². The van der Waals surface area contributed by atoms with E-state index in [1.165, 1.54) is 22.7 Å². The van der Waals surface area contributed by atoms with Crippen molar-refractivity contribution < 1.29 is 9.59 Å². The Morgan fingerprint density at radius 2 is 2.14 bits per heavy atom. The summed E-state index contributed by atoms with van der Waals surface area (Å²) < 4.78 is 0.904. The highest BCUT2D eigenvalue weighted by Crippen LogP contribution is 2.24. The third-order valence-electron chi connectivity index (χ3n) is 4.07. The van der Waals surface area contributed by atoms with Gasteiger partial charge in [0, 0.05) is 13.1 Å². The summed E-state index contributed by atoms with van der Waals surface area (Å²) in [5.74, 6) is 0.105. The third-order valence-corrected chi connectivity index (χ3v) is 5.68. The minimum Gasteiger partial charge on any atom is -0.352 e. The van der Waals surface area contributed by atoms with Crippen molar-refractivity contribution in [3.8, 4) is 0 Å². The lowest BCUT2D eigenvalue weighted by atomic mass is 9.84. The maximum Gasteiger partial charge on any atom is 0.264 e. The number of amides is 2. The molecule has 2 atom stereocenters. The Hall–Kier alpha value is -0.920. The summed E-state index contributed by atoms with van der Waals surface area (Å²) in [6, 6.07) is 3.74. The molecule has 0 saturated heterocycles. The first kappa shape index (κ1) is 17.4. The molecule has 1 aliphatic rings. The van der Waals surface area contributed by atoms with Crippen LogP contribution in [-0.2, 0) is 4.79 Å². The van der Waals surface area contributed by atoms with Crippen LogP contribution in [0.1, 0.15) is 35.4 Å². The lowest BCUT2D eigenvalue weighted by Gasteiger charge is -2.31. The molecule has 0 aromatic carbocycles. The van der Waals surface area contributed by atoms with Gasteiger partial charge >= 0.3 is 0 Å². The molecular formula is C15H22BrN3O2S. The predicted octanol–water partition coefficient (Wildman–Crippen LogP) is 2.22. The lowest BCUT2D eigenvalue weighted by molar-refractivity contribution is -0.122. The van der Waals surface area contributed by atoms with Crippen molar-refractivity contribution in [2.75, 3.05) is 20.1 Å². The van der Waals surface area contributed by atoms with Gasteiger partial charge in [-0.15, -0.1) is 11.3 Å². The first-order valence-electron chi connectivity index (χ1n) is 7.51. The predicted molar refractivity (Wildman–Crippen MR) is 91.9 cm³/mol. The van der Waals surface area contributed by atoms with E-state index < -0.39 is 0 Å². The van der Waals surface area contributed by atoms with Crippen molar-refractivity contribution in [2.45, 2.75) is 31.7 Å². The topological polar surface area (TPSA) is 75.4 Å². The summed E-state index contributed by atoms with van der Waals surface area (Å²) >= 11 is 4.71. The molecule has 1 aliphatic carbocycles. The van der Waals surface area contributed by atoms with Gasteiger partial charge in [0.05, 0.1) is 15.2 Å². The molecule has 1 fully saturated rings. The number of hydrogen-bond acceptors (Lipinski definition) is 4. The van der Waals surface area contributed by atoms with Crippen molar-refractivity contribution in [3.05, 3.63) is 20.8 Å². The summed E-state index contributed by atoms with van der Waals surface area (Å²) in [5.41, 5.74) is 5.78. The zero-order valence-corrected chi connectivity index (χ0v) is 15.1. The lowest BCUT2D eigenvalue weighted by Crippen LogP contribution is -2.48. The van der Waals surface area contributed by atoms with E-state index in [9.17, 15) is 9.59 Å². The number of hydrogen-bond donors (Lipinski definition) is 2. The van der Waals surface area contributed by atoms with Gasteiger partial charge in [0.15, 0.2) is 0 Å². The van der Waals surface area contributed by atoms with E-state index in [0.29, 0.717) is 17.3 Å². The van der Waals surface area contributed by atoms with Crippen LogP contribution in [-0.4, -0.2) is 42.9 Å². The van der Waals surface area contributed by atoms with Gasteiger partial charge < -0.3 is 16.0 Å². The molecule has 122 valence electrons. The van der Waals surface area contributed by atoms with Crippen LogP contribution >= 0.6 is 27.3 Å². The van der Waals surface area contributed by atoms with Crippen LogP contribution in [0.5, 0.6) is 0 Å². The SMILES string of the molecule is CN(CC(=O)NC1CCCCC1CN)C(=O)c1ccc(Br)s1. The van der Waals surface area contributed by atoms with E-state index in [0.717, 1.165) is 23.0 Å². The normalized spacial score (nSPS) is 21.4. The second kappa shape index (κ2) is 8.08. The fraction of sp³-hybridized carbons (Fsp3) is 0.600. The summed E-state index contributed by atoms with van der Waals surface area (Å²) in [6.07, 6.45) is 4.35. The van der Waals surface area contributed by atoms with Crippen molar-refractivity contribution in [1.29, 1.82) is 0 Å². The summed E-state index contributed by atoms with van der Waals surface area (Å²) in [5, 5.41) is 3.04. The maximum absolute atomic E-state index is 12.2. The van der Waals surface area contributed by atoms with Crippen LogP contribution in [0.4, 0.5) is 0 Å². The fourth-order valence-electron chi connectivity index (χ4n) is 2.84. The van der Waals surface area contributed by atoms with E-state index in [-0.39, 0.29) is 24.4 Å². The molecule has 3 N–H and O–H groups in total. The number of nitrogens with zero attached hydrogens (tertiary/aromatic N) is 1. The molecule has 1 heterocycles. The van der Waals surface area contributed by atoms with E-state index in [2.05, 4.69) is 21.2 Å². The Bertz CT molecular complexity index is 535. The average Bonchev–Trinajstić information content (AvgIpc) is 2.93. The Kier molecular flexibility index (Phi) is 6.40. The molecule has 0 spiro atoms. The molecule has 7 heteroatoms. The zero-order valence-electron chi connectivity index (χ0n) is 12.7. The first-order chi connectivity index (χ1) is 10.5. The van der Waals surface area contributed by atoms with Crippen LogP contribution in [0.25, 0.3) is 0 Å². The van der Waals surface area contributed by atoms with Gasteiger partial charge in [-0.05, 0) is 53.4 Å². The molecule has 0 bridgehead atoms. The molecule has 2 unspecified atom stereocenters. The van der Waals surface area contributed by atoms with Crippen molar-refractivity contribution in [3.63, 3.8) is 0 Å². The minimum atomic E-state index is -0.134. The molecule has 0 radical (unpaired) electrons. The van der Waals surface area contributed by atoms with Gasteiger partial charge in [0.1, 0.15) is 0 Å². The van der Waals surface area contributed by atoms with Crippen LogP contribution in [0.3, 0.4) is 0 Å². The third kappa shape index (κ3) is 4.54. The quantitative estimate of drug-likeness (QED) is 0.812. The number of halogens is 1. The van der Waals surface area contributed by atoms with E-state index in [1.54, 1.807) is 13.1 Å². The number of likely N-dealkylation sites (N-methyl/N-ethyl adjacent to an activating group) is 1. The van der Waals surface area contributed by atoms with Crippen molar-refractivity contribution >= 4 is 39.1 Å². The smallest absolute Gasteiger partial charge is 0.264 e. The molecule has 0 aliphatic heterocycles. The Balaban J connectivity index is 1.86. The highest BCUT2D eigenvalue weighted by molar-refractivity contribution is 9.11. The molecule has 1 aromatic heterocycles. The van der Waals surface area contributed by atoms with Crippen LogP contribution < -0.4 is 11.1 Å². The standard InChI is InChI=1S/C15H22BrN3O2S/c1-19(15(21)12-6-7-13(16)22-12)9-14(20)18-11-5-3-2-4-10(11)8-17/h6-7,10-11H,2-5,8-9,17H2,1H3,(H,18,20). The second-order valence-corrected chi connectivity index (χ2v) is 8.18. The number of carbonyl (C=O) groups is 2. The molecule has 1 aromatic rings. The highest BCUT2D eigenvalue weighted by atomic mass is 79.9. The number of nitrogens with two attached hydrogens (primary N) is 1. The van der Waals surface area contributed by atoms with Crippen molar-refractivity contribution in [2.24, 2.45) is 11.7 Å². The number of nitrogens with one attached hydrogen (secondary N) is 1. The van der Waals surface area contributed by atoms with Gasteiger partial charge in [-0.3, -0.25) is 9.59 Å². The number of rotatable bonds is 5. The number of carbonyl (C=O) groups excluding carboxylic acids is 2. The first-order valence-corrected chi connectivity index (χ1v) is 9.12. The van der Waals surface area contributed by atoms with Gasteiger partial charge in [0.2, 0.25) is 5.91 Å². The highest BCUT2D eigenvalue weighted by Gasteiger charge is 2.26. The Morgan fingerprint density at radius 3 is 2.77 bits per heavy atom. The zero-order chi connectivity index (χ0) is 16.1. The maximum atomic E-state index is 12.2. The molecule has 2 amide bonds. The minimum absolute atomic E-state index is 0.0716. The van der Waals surface area contributed by atoms with Gasteiger partial charge in [-0.25, -0.2) is 0 Å². The Morgan fingerprint density at radius 1 is 1.41 bits per heavy atom. The molecule has 22 heavy (non-hydrogen) atoms. The number of thiophene rings is 1. The molecular weight excluding hydrogens is 366 g/mol. The van der Waals surface area contributed by atoms with Crippen LogP contribution in [0.2, 0.25) is 0 Å². The van der Waals surface area contributed by atoms with Gasteiger partial charge in [0.25, 0.3) is 5.91 Å². The van der Waals surface area contributed by atoms with Crippen LogP contribution in [0, 0.1) is 5.92 Å². The van der Waals surface area contributed by atoms with E-state index in [4.69, 9.17) is 5.73 Å². The monoisotopic (exact) mass is 387 g/mol. The van der Waals surface area contributed by atoms with Crippen LogP contribution in [0.15, 0.2) is 15.9 Å². The second-order valence-electron chi connectivity index (χ2n) is 5.72. The summed E-state index contributed by atoms with van der Waals surface area (Å²) in [4.78, 5) is 26.5. The largest absolute Gasteiger partial charge is 0.352 e. The molecule has 5 nitrogen and oxygen atoms in total. The summed E-state index contributed by atoms with van der Waals surface area (Å²) in [7, 11) is 1.65. The van der Waals surface area contributed by atoms with Gasteiger partial charge in [-0.1, -0.05) is 12.8 Å². The fourth-order valence-corrected chi connectivity index (χ4v) is 4.22. The van der Waals surface area contributed by atoms with E-state index in [1.807, 2.05) is 6.07 Å². The molecule has 1 saturated carbocycles. The molecule has 2 rings (SSSR count). The average molecular weight is 388 g/mol. The Labute approximate surface area is 143 Å². The summed E-state index contributed by atoms with van der Waals surface area (Å²) in [6.45, 7) is 0.672. The van der Waals surface area contributed by atoms with E-state index >= 15 is 0 Å². The van der Waals surface area contributed by atoms with Crippen molar-refractivity contribution in [1.82, 2.24) is 10.2 Å².